The smallest absolute Gasteiger partial charge is 0.267 e. The maximum Gasteiger partial charge on any atom is 0.310 e. The van der Waals surface area contributed by atoms with Gasteiger partial charge in [0.15, 0.2) is 0 Å². The van der Waals surface area contributed by atoms with Gasteiger partial charge in [0.25, 0.3) is 17.3 Å². The number of rotatable bonds is 5. The minimum absolute atomic E-state index is 0.00685. The zero-order valence-electron chi connectivity index (χ0n) is 14.3. The van der Waals surface area contributed by atoms with E-state index >= 15 is 0 Å². The third-order valence-electron chi connectivity index (χ3n) is 3.73. The Morgan fingerprint density at radius 2 is 1.72 bits per heavy atom. The summed E-state index contributed by atoms with van der Waals surface area (Å²) < 4.78 is 0. The largest absolute Gasteiger partial charge is 0.310 e. The van der Waals surface area contributed by atoms with Crippen LogP contribution in [0.15, 0.2) is 53.4 Å². The van der Waals surface area contributed by atoms with E-state index in [1.807, 2.05) is 0 Å². The van der Waals surface area contributed by atoms with Crippen LogP contribution in [0.25, 0.3) is 6.08 Å². The molecule has 1 fully saturated rings. The Morgan fingerprint density at radius 3 is 2.34 bits per heavy atom. The average molecular weight is 430 g/mol. The van der Waals surface area contributed by atoms with Gasteiger partial charge in [-0.1, -0.05) is 18.3 Å². The number of hydrogen-bond acceptors (Lipinski definition) is 8. The first kappa shape index (κ1) is 20.1. The van der Waals surface area contributed by atoms with E-state index in [-0.39, 0.29) is 21.9 Å². The van der Waals surface area contributed by atoms with Gasteiger partial charge in [0.2, 0.25) is 0 Å². The minimum Gasteiger partial charge on any atom is -0.267 e. The average Bonchev–Trinajstić information content (AvgIpc) is 2.95. The molecule has 1 aliphatic rings. The second kappa shape index (κ2) is 8.16. The highest BCUT2D eigenvalue weighted by Gasteiger charge is 2.33. The zero-order chi connectivity index (χ0) is 21.1. The SMILES string of the molecule is O=C(NN1C(=O)SC(=Cc2ccc([N+](=O)[O-])cc2)C1=S)c1cccc([N+](=O)[O-])c1. The summed E-state index contributed by atoms with van der Waals surface area (Å²) in [5, 5.41) is 21.9. The normalized spacial score (nSPS) is 14.9. The van der Waals surface area contributed by atoms with E-state index in [4.69, 9.17) is 12.2 Å². The topological polar surface area (TPSA) is 136 Å². The van der Waals surface area contributed by atoms with Crippen LogP contribution in [0.1, 0.15) is 15.9 Å². The summed E-state index contributed by atoms with van der Waals surface area (Å²) in [7, 11) is 0. The quantitative estimate of drug-likeness (QED) is 0.328. The molecule has 0 spiro atoms. The molecule has 10 nitrogen and oxygen atoms in total. The predicted molar refractivity (Wildman–Crippen MR) is 109 cm³/mol. The molecule has 1 heterocycles. The number of nitro groups is 2. The number of hydrogen-bond donors (Lipinski definition) is 1. The van der Waals surface area contributed by atoms with Crippen LogP contribution in [0.3, 0.4) is 0 Å². The van der Waals surface area contributed by atoms with E-state index in [1.54, 1.807) is 6.08 Å². The van der Waals surface area contributed by atoms with Crippen molar-refractivity contribution >= 4 is 57.6 Å². The van der Waals surface area contributed by atoms with Gasteiger partial charge in [-0.15, -0.1) is 0 Å². The summed E-state index contributed by atoms with van der Waals surface area (Å²) in [6.07, 6.45) is 1.56. The van der Waals surface area contributed by atoms with Crippen LogP contribution in [0.5, 0.6) is 0 Å². The third kappa shape index (κ3) is 4.44. The number of thiocarbonyl (C=S) groups is 1. The molecule has 0 unspecified atom stereocenters. The van der Waals surface area contributed by atoms with Crippen LogP contribution in [0, 0.1) is 20.2 Å². The molecule has 146 valence electrons. The number of hydrazine groups is 1. The van der Waals surface area contributed by atoms with Crippen LogP contribution < -0.4 is 5.43 Å². The molecule has 1 N–H and O–H groups in total. The molecule has 12 heteroatoms. The Bertz CT molecular complexity index is 1080. The fourth-order valence-electron chi connectivity index (χ4n) is 2.33. The lowest BCUT2D eigenvalue weighted by Crippen LogP contribution is -2.44. The van der Waals surface area contributed by atoms with Crippen molar-refractivity contribution in [3.63, 3.8) is 0 Å². The molecule has 2 aromatic rings. The first-order chi connectivity index (χ1) is 13.8. The van der Waals surface area contributed by atoms with Gasteiger partial charge in [0.05, 0.1) is 14.8 Å². The molecule has 0 bridgehead atoms. The van der Waals surface area contributed by atoms with Crippen molar-refractivity contribution in [2.24, 2.45) is 0 Å². The zero-order valence-corrected chi connectivity index (χ0v) is 15.9. The van der Waals surface area contributed by atoms with Gasteiger partial charge in [-0.05, 0) is 41.6 Å². The second-order valence-electron chi connectivity index (χ2n) is 5.61. The number of nitrogens with zero attached hydrogens (tertiary/aromatic N) is 3. The Labute approximate surface area is 172 Å². The molecule has 0 saturated carbocycles. The van der Waals surface area contributed by atoms with Crippen LogP contribution in [-0.2, 0) is 0 Å². The molecule has 2 aromatic carbocycles. The lowest BCUT2D eigenvalue weighted by molar-refractivity contribution is -0.385. The van der Waals surface area contributed by atoms with E-state index < -0.39 is 21.0 Å². The maximum absolute atomic E-state index is 12.4. The van der Waals surface area contributed by atoms with Gasteiger partial charge in [0, 0.05) is 29.8 Å². The molecular weight excluding hydrogens is 420 g/mol. The monoisotopic (exact) mass is 430 g/mol. The molecular formula is C17H10N4O6S2. The number of nitrogens with one attached hydrogen (secondary N) is 1. The molecule has 0 aromatic heterocycles. The van der Waals surface area contributed by atoms with Crippen molar-refractivity contribution in [3.8, 4) is 0 Å². The van der Waals surface area contributed by atoms with Gasteiger partial charge in [-0.2, -0.15) is 5.01 Å². The van der Waals surface area contributed by atoms with Gasteiger partial charge < -0.3 is 0 Å². The molecule has 3 rings (SSSR count). The van der Waals surface area contributed by atoms with E-state index in [2.05, 4.69) is 5.43 Å². The van der Waals surface area contributed by atoms with Crippen molar-refractivity contribution in [2.45, 2.75) is 0 Å². The number of thioether (sulfide) groups is 1. The Hall–Kier alpha value is -3.64. The summed E-state index contributed by atoms with van der Waals surface area (Å²) in [5.74, 6) is -0.735. The highest BCUT2D eigenvalue weighted by Crippen LogP contribution is 2.32. The van der Waals surface area contributed by atoms with Crippen LogP contribution in [0.4, 0.5) is 16.2 Å². The molecule has 2 amide bonds. The van der Waals surface area contributed by atoms with Crippen molar-refractivity contribution < 1.29 is 19.4 Å². The number of carbonyl (C=O) groups is 2. The number of carbonyl (C=O) groups excluding carboxylic acids is 2. The van der Waals surface area contributed by atoms with Gasteiger partial charge >= 0.3 is 5.24 Å². The van der Waals surface area contributed by atoms with Gasteiger partial charge in [-0.3, -0.25) is 35.2 Å². The van der Waals surface area contributed by atoms with E-state index in [0.29, 0.717) is 10.5 Å². The Balaban J connectivity index is 1.76. The van der Waals surface area contributed by atoms with Crippen molar-refractivity contribution in [2.75, 3.05) is 0 Å². The van der Waals surface area contributed by atoms with E-state index in [1.165, 1.54) is 42.5 Å². The van der Waals surface area contributed by atoms with Crippen molar-refractivity contribution in [1.82, 2.24) is 10.4 Å². The van der Waals surface area contributed by atoms with Crippen LogP contribution >= 0.6 is 24.0 Å². The minimum atomic E-state index is -0.735. The number of non-ortho nitro benzene ring substituents is 2. The first-order valence-corrected chi connectivity index (χ1v) is 9.06. The van der Waals surface area contributed by atoms with Crippen molar-refractivity contribution in [3.05, 3.63) is 84.8 Å². The van der Waals surface area contributed by atoms with Crippen LogP contribution in [0.2, 0.25) is 0 Å². The summed E-state index contributed by atoms with van der Waals surface area (Å²) >= 11 is 6.01. The lowest BCUT2D eigenvalue weighted by atomic mass is 10.2. The summed E-state index contributed by atoms with van der Waals surface area (Å²) in [6, 6.07) is 10.7. The Kier molecular flexibility index (Phi) is 5.66. The van der Waals surface area contributed by atoms with Gasteiger partial charge in [-0.25, -0.2) is 0 Å². The summed E-state index contributed by atoms with van der Waals surface area (Å²) in [4.78, 5) is 45.4. The highest BCUT2D eigenvalue weighted by atomic mass is 32.2. The molecule has 0 atom stereocenters. The fourth-order valence-corrected chi connectivity index (χ4v) is 3.49. The molecule has 0 radical (unpaired) electrons. The van der Waals surface area contributed by atoms with E-state index in [9.17, 15) is 29.8 Å². The first-order valence-electron chi connectivity index (χ1n) is 7.84. The summed E-state index contributed by atoms with van der Waals surface area (Å²) in [6.45, 7) is 0. The molecule has 1 aliphatic heterocycles. The van der Waals surface area contributed by atoms with E-state index in [0.717, 1.165) is 22.8 Å². The second-order valence-corrected chi connectivity index (χ2v) is 6.99. The maximum atomic E-state index is 12.4. The third-order valence-corrected chi connectivity index (χ3v) is 5.15. The standard InChI is InChI=1S/C17H10N4O6S2/c22-15(11-2-1-3-13(9-11)21(26)27)18-19-16(28)14(29-17(19)23)8-10-4-6-12(7-5-10)20(24)25/h1-9H,(H,18,22). The molecule has 29 heavy (non-hydrogen) atoms. The number of nitro benzene ring substituents is 2. The van der Waals surface area contributed by atoms with Crippen molar-refractivity contribution in [1.29, 1.82) is 0 Å². The van der Waals surface area contributed by atoms with Crippen LogP contribution in [-0.4, -0.2) is 31.0 Å². The molecule has 0 aliphatic carbocycles. The molecule has 1 saturated heterocycles. The summed E-state index contributed by atoms with van der Waals surface area (Å²) in [5.41, 5.74) is 2.57. The highest BCUT2D eigenvalue weighted by molar-refractivity contribution is 8.19. The number of amides is 2. The lowest BCUT2D eigenvalue weighted by Gasteiger charge is -2.15. The fraction of sp³-hybridized carbons (Fsp3) is 0. The Morgan fingerprint density at radius 1 is 1.07 bits per heavy atom. The van der Waals surface area contributed by atoms with Gasteiger partial charge in [0.1, 0.15) is 4.99 Å². The predicted octanol–water partition coefficient (Wildman–Crippen LogP) is 3.69. The number of benzene rings is 2.